The normalized spacial score (nSPS) is 14.5. The molecule has 0 unspecified atom stereocenters. The Bertz CT molecular complexity index is 706. The van der Waals surface area contributed by atoms with Gasteiger partial charge in [0.15, 0.2) is 0 Å². The number of aryl methyl sites for hydroxylation is 2. The third kappa shape index (κ3) is 6.05. The van der Waals surface area contributed by atoms with Crippen molar-refractivity contribution in [2.75, 3.05) is 38.1 Å². The van der Waals surface area contributed by atoms with Crippen molar-refractivity contribution in [2.45, 2.75) is 26.7 Å². The average Bonchev–Trinajstić information content (AvgIpc) is 2.68. The van der Waals surface area contributed by atoms with Gasteiger partial charge in [-0.05, 0) is 42.6 Å². The van der Waals surface area contributed by atoms with Gasteiger partial charge in [0.05, 0.1) is 6.42 Å². The Labute approximate surface area is 162 Å². The Morgan fingerprint density at radius 3 is 2.19 bits per heavy atom. The molecule has 0 saturated carbocycles. The molecule has 0 spiro atoms. The van der Waals surface area contributed by atoms with Crippen molar-refractivity contribution in [1.82, 2.24) is 15.3 Å². The van der Waals surface area contributed by atoms with E-state index in [0.29, 0.717) is 6.42 Å². The van der Waals surface area contributed by atoms with E-state index >= 15 is 0 Å². The van der Waals surface area contributed by atoms with Gasteiger partial charge in [0.2, 0.25) is 5.91 Å². The van der Waals surface area contributed by atoms with Crippen LogP contribution in [-0.4, -0.2) is 49.0 Å². The number of aromatic nitrogens is 1. The number of hydrazine groups is 1. The Morgan fingerprint density at radius 2 is 1.59 bits per heavy atom. The van der Waals surface area contributed by atoms with Crippen LogP contribution in [0.1, 0.15) is 24.1 Å². The van der Waals surface area contributed by atoms with Gasteiger partial charge in [-0.25, -0.2) is 10.8 Å². The van der Waals surface area contributed by atoms with Gasteiger partial charge in [0, 0.05) is 32.4 Å². The fraction of sp³-hybridized carbons (Fsp3) is 0.429. The first kappa shape index (κ1) is 20.9. The van der Waals surface area contributed by atoms with Gasteiger partial charge in [0.25, 0.3) is 0 Å². The molecule has 0 atom stereocenters. The summed E-state index contributed by atoms with van der Waals surface area (Å²) < 4.78 is 0. The molecule has 1 saturated heterocycles. The van der Waals surface area contributed by atoms with E-state index in [1.807, 2.05) is 18.3 Å². The number of amides is 1. The van der Waals surface area contributed by atoms with Crippen molar-refractivity contribution in [2.24, 2.45) is 5.84 Å². The molecule has 6 heteroatoms. The summed E-state index contributed by atoms with van der Waals surface area (Å²) in [7, 11) is 2.16. The first-order valence-electron chi connectivity index (χ1n) is 9.10. The predicted octanol–water partition coefficient (Wildman–Crippen LogP) is 1.79. The maximum atomic E-state index is 11.3. The van der Waals surface area contributed by atoms with Crippen molar-refractivity contribution in [3.8, 4) is 0 Å². The predicted molar refractivity (Wildman–Crippen MR) is 111 cm³/mol. The molecule has 2 heterocycles. The highest BCUT2D eigenvalue weighted by Crippen LogP contribution is 2.15. The zero-order chi connectivity index (χ0) is 18.4. The van der Waals surface area contributed by atoms with Gasteiger partial charge < -0.3 is 9.80 Å². The Balaban J connectivity index is 0.00000261. The quantitative estimate of drug-likeness (QED) is 0.461. The lowest BCUT2D eigenvalue weighted by Crippen LogP contribution is -2.44. The number of anilines is 1. The van der Waals surface area contributed by atoms with E-state index in [-0.39, 0.29) is 13.3 Å². The van der Waals surface area contributed by atoms with E-state index in [4.69, 9.17) is 5.84 Å². The summed E-state index contributed by atoms with van der Waals surface area (Å²) in [6.45, 7) is 4.26. The maximum absolute atomic E-state index is 11.3. The molecule has 1 aromatic heterocycles. The molecule has 2 aromatic rings. The molecule has 1 aliphatic rings. The lowest BCUT2D eigenvalue weighted by Gasteiger charge is -2.33. The average molecular weight is 370 g/mol. The summed E-state index contributed by atoms with van der Waals surface area (Å²) in [6, 6.07) is 12.4. The Morgan fingerprint density at radius 1 is 1.00 bits per heavy atom. The highest BCUT2D eigenvalue weighted by atomic mass is 16.2. The lowest BCUT2D eigenvalue weighted by molar-refractivity contribution is -0.120. The molecular weight excluding hydrogens is 338 g/mol. The molecule has 0 aliphatic carbocycles. The van der Waals surface area contributed by atoms with E-state index in [1.54, 1.807) is 0 Å². The number of carbonyl (C=O) groups is 1. The second-order valence-corrected chi connectivity index (χ2v) is 6.88. The number of nitrogens with one attached hydrogen (secondary N) is 1. The minimum Gasteiger partial charge on any atom is -0.354 e. The Hall–Kier alpha value is -2.44. The summed E-state index contributed by atoms with van der Waals surface area (Å²) in [5, 5.41) is 0. The smallest absolute Gasteiger partial charge is 0.238 e. The number of piperazine rings is 1. The van der Waals surface area contributed by atoms with Crippen LogP contribution in [-0.2, 0) is 24.1 Å². The molecule has 0 bridgehead atoms. The molecule has 1 amide bonds. The van der Waals surface area contributed by atoms with Crippen molar-refractivity contribution < 1.29 is 4.79 Å². The van der Waals surface area contributed by atoms with Gasteiger partial charge in [-0.3, -0.25) is 10.2 Å². The van der Waals surface area contributed by atoms with E-state index < -0.39 is 0 Å². The molecule has 3 N–H and O–H groups in total. The largest absolute Gasteiger partial charge is 0.354 e. The molecular formula is C21H31N5O. The number of carbonyl (C=O) groups excluding carboxylic acids is 1. The van der Waals surface area contributed by atoms with Gasteiger partial charge in [0.1, 0.15) is 5.82 Å². The number of hydrogen-bond acceptors (Lipinski definition) is 5. The molecule has 1 fully saturated rings. The lowest BCUT2D eigenvalue weighted by atomic mass is 10.0. The number of nitrogens with zero attached hydrogens (tertiary/aromatic N) is 3. The number of benzene rings is 1. The van der Waals surface area contributed by atoms with Crippen LogP contribution in [0.4, 0.5) is 5.82 Å². The number of pyridine rings is 1. The summed E-state index contributed by atoms with van der Waals surface area (Å²) in [5.41, 5.74) is 5.62. The number of nitrogens with two attached hydrogens (primary N) is 1. The van der Waals surface area contributed by atoms with Crippen LogP contribution in [0.15, 0.2) is 42.6 Å². The summed E-state index contributed by atoms with van der Waals surface area (Å²) in [4.78, 5) is 20.6. The summed E-state index contributed by atoms with van der Waals surface area (Å²) in [6.07, 6.45) is 4.22. The van der Waals surface area contributed by atoms with Crippen molar-refractivity contribution in [1.29, 1.82) is 0 Å². The molecule has 146 valence electrons. The topological polar surface area (TPSA) is 74.5 Å². The second-order valence-electron chi connectivity index (χ2n) is 6.88. The molecule has 0 radical (unpaired) electrons. The first-order chi connectivity index (χ1) is 12.6. The van der Waals surface area contributed by atoms with Crippen molar-refractivity contribution >= 4 is 11.7 Å². The van der Waals surface area contributed by atoms with E-state index in [1.165, 1.54) is 11.1 Å². The van der Waals surface area contributed by atoms with Crippen molar-refractivity contribution in [3.63, 3.8) is 0 Å². The van der Waals surface area contributed by atoms with Crippen LogP contribution in [0.5, 0.6) is 0 Å². The minimum absolute atomic E-state index is 0. The zero-order valence-corrected chi connectivity index (χ0v) is 15.3. The van der Waals surface area contributed by atoms with Crippen LogP contribution in [0.3, 0.4) is 0 Å². The fourth-order valence-corrected chi connectivity index (χ4v) is 3.14. The number of rotatable bonds is 6. The third-order valence-corrected chi connectivity index (χ3v) is 4.89. The zero-order valence-electron chi connectivity index (χ0n) is 15.3. The number of likely N-dealkylation sites (N-methyl/N-ethyl adjacent to an activating group) is 1. The molecule has 1 aliphatic heterocycles. The highest BCUT2D eigenvalue weighted by Gasteiger charge is 2.14. The van der Waals surface area contributed by atoms with Crippen LogP contribution in [0.25, 0.3) is 0 Å². The van der Waals surface area contributed by atoms with Gasteiger partial charge >= 0.3 is 0 Å². The SMILES string of the molecule is C.CN1CCN(c2ccc(CCc3ccc(CC(=O)NN)cc3)cn2)CC1. The van der Waals surface area contributed by atoms with Crippen molar-refractivity contribution in [3.05, 3.63) is 59.3 Å². The monoisotopic (exact) mass is 369 g/mol. The standard InChI is InChI=1S/C20H27N5O.CH4/c1-24-10-12-25(13-11-24)19-9-8-18(15-22-19)7-4-16-2-5-17(6-3-16)14-20(26)23-21;/h2-3,5-6,8-9,15H,4,7,10-14,21H2,1H3,(H,23,26);1H4. The molecule has 6 nitrogen and oxygen atoms in total. The van der Waals surface area contributed by atoms with Crippen LogP contribution < -0.4 is 16.2 Å². The summed E-state index contributed by atoms with van der Waals surface area (Å²) >= 11 is 0. The molecule has 1 aromatic carbocycles. The highest BCUT2D eigenvalue weighted by molar-refractivity contribution is 5.77. The van der Waals surface area contributed by atoms with Gasteiger partial charge in [-0.1, -0.05) is 37.8 Å². The molecule has 27 heavy (non-hydrogen) atoms. The molecule has 3 rings (SSSR count). The first-order valence-corrected chi connectivity index (χ1v) is 9.10. The van der Waals surface area contributed by atoms with Gasteiger partial charge in [-0.15, -0.1) is 0 Å². The maximum Gasteiger partial charge on any atom is 0.238 e. The van der Waals surface area contributed by atoms with Crippen LogP contribution >= 0.6 is 0 Å². The van der Waals surface area contributed by atoms with E-state index in [2.05, 4.69) is 51.5 Å². The number of hydrogen-bond donors (Lipinski definition) is 2. The van der Waals surface area contributed by atoms with Gasteiger partial charge in [-0.2, -0.15) is 0 Å². The second kappa shape index (κ2) is 10.0. The van der Waals surface area contributed by atoms with E-state index in [9.17, 15) is 4.79 Å². The van der Waals surface area contributed by atoms with Crippen LogP contribution in [0.2, 0.25) is 0 Å². The van der Waals surface area contributed by atoms with E-state index in [0.717, 1.165) is 50.4 Å². The Kier molecular flexibility index (Phi) is 7.76. The fourth-order valence-electron chi connectivity index (χ4n) is 3.14. The third-order valence-electron chi connectivity index (χ3n) is 4.89. The van der Waals surface area contributed by atoms with Crippen LogP contribution in [0, 0.1) is 0 Å². The minimum atomic E-state index is -0.177. The summed E-state index contributed by atoms with van der Waals surface area (Å²) in [5.74, 6) is 6.01.